The predicted octanol–water partition coefficient (Wildman–Crippen LogP) is 3.46. The number of carbonyl (C=O) groups is 1. The van der Waals surface area contributed by atoms with Gasteiger partial charge in [0.25, 0.3) is 0 Å². The molecular formula is C24H26N4O4. The van der Waals surface area contributed by atoms with Crippen molar-refractivity contribution in [1.29, 1.82) is 0 Å². The molecule has 1 aromatic heterocycles. The van der Waals surface area contributed by atoms with E-state index in [1.807, 2.05) is 46.1 Å². The third-order valence-corrected chi connectivity index (χ3v) is 5.53. The van der Waals surface area contributed by atoms with Gasteiger partial charge in [0.05, 0.1) is 33.6 Å². The Kier molecular flexibility index (Phi) is 6.39. The van der Waals surface area contributed by atoms with Gasteiger partial charge in [-0.1, -0.05) is 35.5 Å². The van der Waals surface area contributed by atoms with Crippen LogP contribution < -0.4 is 14.2 Å². The molecular weight excluding hydrogens is 408 g/mol. The SMILES string of the molecule is COc1cc(/C=C/C(=O)N2CC[C@H](n3cc(-c4ccccc4)nn3)C2)cc(OC)c1OC. The maximum Gasteiger partial charge on any atom is 0.246 e. The van der Waals surface area contributed by atoms with Crippen molar-refractivity contribution in [3.05, 3.63) is 60.3 Å². The summed E-state index contributed by atoms with van der Waals surface area (Å²) in [6, 6.07) is 13.7. The molecule has 1 amide bonds. The second kappa shape index (κ2) is 9.55. The molecule has 4 rings (SSSR count). The highest BCUT2D eigenvalue weighted by molar-refractivity contribution is 5.92. The molecule has 0 radical (unpaired) electrons. The van der Waals surface area contributed by atoms with E-state index in [1.165, 1.54) is 0 Å². The molecule has 2 heterocycles. The topological polar surface area (TPSA) is 78.7 Å². The summed E-state index contributed by atoms with van der Waals surface area (Å²) >= 11 is 0. The Morgan fingerprint density at radius 2 is 1.78 bits per heavy atom. The maximum absolute atomic E-state index is 12.8. The summed E-state index contributed by atoms with van der Waals surface area (Å²) in [5.74, 6) is 1.55. The summed E-state index contributed by atoms with van der Waals surface area (Å²) in [6.07, 6.45) is 6.10. The molecule has 0 N–H and O–H groups in total. The molecule has 0 bridgehead atoms. The van der Waals surface area contributed by atoms with Crippen LogP contribution in [0.4, 0.5) is 0 Å². The third kappa shape index (κ3) is 4.44. The minimum Gasteiger partial charge on any atom is -0.493 e. The van der Waals surface area contributed by atoms with Crippen LogP contribution in [0.2, 0.25) is 0 Å². The van der Waals surface area contributed by atoms with Gasteiger partial charge in [-0.15, -0.1) is 5.10 Å². The maximum atomic E-state index is 12.8. The molecule has 0 saturated carbocycles. The first kappa shape index (κ1) is 21.4. The molecule has 32 heavy (non-hydrogen) atoms. The van der Waals surface area contributed by atoms with E-state index in [9.17, 15) is 4.79 Å². The Labute approximate surface area is 187 Å². The lowest BCUT2D eigenvalue weighted by molar-refractivity contribution is -0.125. The van der Waals surface area contributed by atoms with E-state index < -0.39 is 0 Å². The van der Waals surface area contributed by atoms with Gasteiger partial charge in [0.15, 0.2) is 11.5 Å². The molecule has 0 aliphatic carbocycles. The molecule has 3 aromatic rings. The summed E-state index contributed by atoms with van der Waals surface area (Å²) in [5, 5.41) is 8.57. The molecule has 0 unspecified atom stereocenters. The van der Waals surface area contributed by atoms with E-state index in [-0.39, 0.29) is 11.9 Å². The molecule has 1 aliphatic heterocycles. The fraction of sp³-hybridized carbons (Fsp3) is 0.292. The Morgan fingerprint density at radius 1 is 1.06 bits per heavy atom. The van der Waals surface area contributed by atoms with E-state index in [0.29, 0.717) is 30.3 Å². The predicted molar refractivity (Wildman–Crippen MR) is 121 cm³/mol. The fourth-order valence-electron chi connectivity index (χ4n) is 3.82. The van der Waals surface area contributed by atoms with Crippen molar-refractivity contribution < 1.29 is 19.0 Å². The minimum atomic E-state index is -0.0513. The monoisotopic (exact) mass is 434 g/mol. The highest BCUT2D eigenvalue weighted by atomic mass is 16.5. The normalized spacial score (nSPS) is 15.8. The van der Waals surface area contributed by atoms with Crippen LogP contribution in [-0.4, -0.2) is 60.2 Å². The van der Waals surface area contributed by atoms with Gasteiger partial charge in [0, 0.05) is 24.7 Å². The van der Waals surface area contributed by atoms with Crippen LogP contribution in [0.3, 0.4) is 0 Å². The smallest absolute Gasteiger partial charge is 0.246 e. The number of hydrogen-bond donors (Lipinski definition) is 0. The van der Waals surface area contributed by atoms with Crippen molar-refractivity contribution in [2.45, 2.75) is 12.5 Å². The van der Waals surface area contributed by atoms with Crippen molar-refractivity contribution in [2.24, 2.45) is 0 Å². The van der Waals surface area contributed by atoms with E-state index in [0.717, 1.165) is 23.2 Å². The quantitative estimate of drug-likeness (QED) is 0.530. The van der Waals surface area contributed by atoms with Crippen LogP contribution in [0.5, 0.6) is 17.2 Å². The van der Waals surface area contributed by atoms with Crippen molar-refractivity contribution >= 4 is 12.0 Å². The molecule has 1 atom stereocenters. The number of rotatable bonds is 7. The number of aromatic nitrogens is 3. The number of likely N-dealkylation sites (tertiary alicyclic amines) is 1. The first-order chi connectivity index (χ1) is 15.6. The second-order valence-electron chi connectivity index (χ2n) is 7.47. The summed E-state index contributed by atoms with van der Waals surface area (Å²) < 4.78 is 17.9. The molecule has 1 fully saturated rings. The van der Waals surface area contributed by atoms with Crippen molar-refractivity contribution in [3.8, 4) is 28.5 Å². The zero-order chi connectivity index (χ0) is 22.5. The van der Waals surface area contributed by atoms with E-state index in [4.69, 9.17) is 14.2 Å². The first-order valence-corrected chi connectivity index (χ1v) is 10.4. The van der Waals surface area contributed by atoms with E-state index >= 15 is 0 Å². The zero-order valence-corrected chi connectivity index (χ0v) is 18.4. The van der Waals surface area contributed by atoms with Crippen LogP contribution in [0.15, 0.2) is 54.7 Å². The summed E-state index contributed by atoms with van der Waals surface area (Å²) in [7, 11) is 4.68. The molecule has 1 saturated heterocycles. The summed E-state index contributed by atoms with van der Waals surface area (Å²) in [5.41, 5.74) is 2.64. The van der Waals surface area contributed by atoms with Crippen LogP contribution in [-0.2, 0) is 4.79 Å². The van der Waals surface area contributed by atoms with Crippen LogP contribution >= 0.6 is 0 Å². The van der Waals surface area contributed by atoms with Gasteiger partial charge in [-0.2, -0.15) is 0 Å². The molecule has 1 aliphatic rings. The molecule has 166 valence electrons. The van der Waals surface area contributed by atoms with Gasteiger partial charge in [0.1, 0.15) is 5.69 Å². The molecule has 8 heteroatoms. The van der Waals surface area contributed by atoms with E-state index in [1.54, 1.807) is 45.6 Å². The van der Waals surface area contributed by atoms with Gasteiger partial charge >= 0.3 is 0 Å². The van der Waals surface area contributed by atoms with Gasteiger partial charge in [-0.25, -0.2) is 4.68 Å². The average Bonchev–Trinajstić information content (AvgIpc) is 3.52. The molecule has 2 aromatic carbocycles. The Morgan fingerprint density at radius 3 is 2.44 bits per heavy atom. The molecule has 8 nitrogen and oxygen atoms in total. The van der Waals surface area contributed by atoms with Crippen molar-refractivity contribution in [2.75, 3.05) is 34.4 Å². The Balaban J connectivity index is 1.42. The Hall–Kier alpha value is -3.81. The van der Waals surface area contributed by atoms with Crippen molar-refractivity contribution in [1.82, 2.24) is 19.9 Å². The number of ether oxygens (including phenoxy) is 3. The second-order valence-corrected chi connectivity index (χ2v) is 7.47. The average molecular weight is 434 g/mol. The lowest BCUT2D eigenvalue weighted by atomic mass is 10.1. The zero-order valence-electron chi connectivity index (χ0n) is 18.4. The third-order valence-electron chi connectivity index (χ3n) is 5.53. The fourth-order valence-corrected chi connectivity index (χ4v) is 3.82. The number of hydrogen-bond acceptors (Lipinski definition) is 6. The van der Waals surface area contributed by atoms with Crippen LogP contribution in [0, 0.1) is 0 Å². The van der Waals surface area contributed by atoms with Crippen LogP contribution in [0.25, 0.3) is 17.3 Å². The van der Waals surface area contributed by atoms with Crippen LogP contribution in [0.1, 0.15) is 18.0 Å². The summed E-state index contributed by atoms with van der Waals surface area (Å²) in [6.45, 7) is 1.26. The largest absolute Gasteiger partial charge is 0.493 e. The number of benzene rings is 2. The number of carbonyl (C=O) groups excluding carboxylic acids is 1. The lowest BCUT2D eigenvalue weighted by Gasteiger charge is -2.15. The van der Waals surface area contributed by atoms with E-state index in [2.05, 4.69) is 10.3 Å². The minimum absolute atomic E-state index is 0.0513. The standard InChI is InChI=1S/C24H26N4O4/c1-30-21-13-17(14-22(31-2)24(21)32-3)9-10-23(29)27-12-11-19(15-27)28-16-20(25-26-28)18-7-5-4-6-8-18/h4-10,13-14,16,19H,11-12,15H2,1-3H3/b10-9+/t19-/m0/s1. The van der Waals surface area contributed by atoms with Gasteiger partial charge in [0.2, 0.25) is 11.7 Å². The van der Waals surface area contributed by atoms with Gasteiger partial charge in [-0.3, -0.25) is 4.79 Å². The highest BCUT2D eigenvalue weighted by Crippen LogP contribution is 2.38. The van der Waals surface area contributed by atoms with Gasteiger partial charge < -0.3 is 19.1 Å². The number of methoxy groups -OCH3 is 3. The highest BCUT2D eigenvalue weighted by Gasteiger charge is 2.27. The van der Waals surface area contributed by atoms with Gasteiger partial charge in [-0.05, 0) is 30.2 Å². The lowest BCUT2D eigenvalue weighted by Crippen LogP contribution is -2.27. The first-order valence-electron chi connectivity index (χ1n) is 10.4. The van der Waals surface area contributed by atoms with Crippen molar-refractivity contribution in [3.63, 3.8) is 0 Å². The molecule has 0 spiro atoms. The summed E-state index contributed by atoms with van der Waals surface area (Å²) in [4.78, 5) is 14.6. The number of nitrogens with zero attached hydrogens (tertiary/aromatic N) is 4. The number of amides is 1. The Bertz CT molecular complexity index is 1090.